The minimum atomic E-state index is -4.09. The lowest BCUT2D eigenvalue weighted by atomic mass is 10.1. The summed E-state index contributed by atoms with van der Waals surface area (Å²) >= 11 is 3.43. The van der Waals surface area contributed by atoms with E-state index >= 15 is 0 Å². The van der Waals surface area contributed by atoms with Crippen LogP contribution in [-0.2, 0) is 16.4 Å². The van der Waals surface area contributed by atoms with Gasteiger partial charge in [0.05, 0.1) is 28.2 Å². The molecule has 2 aromatic carbocycles. The third-order valence-corrected chi connectivity index (χ3v) is 7.67. The fourth-order valence-electron chi connectivity index (χ4n) is 3.68. The number of methoxy groups -OCH3 is 1. The molecule has 0 saturated carbocycles. The predicted molar refractivity (Wildman–Crippen MR) is 116 cm³/mol. The fourth-order valence-corrected chi connectivity index (χ4v) is 6.01. The van der Waals surface area contributed by atoms with Crippen molar-refractivity contribution in [2.45, 2.75) is 29.2 Å². The Hall–Kier alpha value is -2.14. The normalized spacial score (nSPS) is 14.5. The van der Waals surface area contributed by atoms with Gasteiger partial charge in [0, 0.05) is 23.6 Å². The summed E-state index contributed by atoms with van der Waals surface area (Å²) in [5.74, 6) is -0.376. The molecule has 0 unspecified atom stereocenters. The number of hydroxylamine groups is 1. The summed E-state index contributed by atoms with van der Waals surface area (Å²) in [5, 5.41) is 12.3. The number of hydrogen-bond donors (Lipinski definition) is 3. The number of hydrogen-bond acceptors (Lipinski definition) is 7. The van der Waals surface area contributed by atoms with Crippen LogP contribution in [-0.4, -0.2) is 51.7 Å². The SMILES string of the molecule is CNc1c(Br)cc(C(=O)NO)c(S(=O)(=O)c2ccc(OC)cc2)c1CN1CCCC1. The van der Waals surface area contributed by atoms with Crippen LogP contribution >= 0.6 is 15.9 Å². The lowest BCUT2D eigenvalue weighted by molar-refractivity contribution is 0.0702. The van der Waals surface area contributed by atoms with Crippen LogP contribution in [0.3, 0.4) is 0 Å². The fraction of sp³-hybridized carbons (Fsp3) is 0.350. The Morgan fingerprint density at radius 2 is 1.87 bits per heavy atom. The first-order valence-electron chi connectivity index (χ1n) is 9.42. The Morgan fingerprint density at radius 3 is 2.40 bits per heavy atom. The molecule has 0 bridgehead atoms. The Bertz CT molecular complexity index is 1040. The van der Waals surface area contributed by atoms with Crippen LogP contribution in [0.2, 0.25) is 0 Å². The zero-order chi connectivity index (χ0) is 21.9. The van der Waals surface area contributed by atoms with Crippen molar-refractivity contribution in [3.05, 3.63) is 45.9 Å². The van der Waals surface area contributed by atoms with E-state index in [0.717, 1.165) is 25.9 Å². The molecule has 10 heteroatoms. The van der Waals surface area contributed by atoms with Gasteiger partial charge in [-0.15, -0.1) is 0 Å². The van der Waals surface area contributed by atoms with Crippen molar-refractivity contribution in [3.8, 4) is 5.75 Å². The van der Waals surface area contributed by atoms with E-state index in [9.17, 15) is 18.4 Å². The average molecular weight is 498 g/mol. The molecule has 1 aliphatic rings. The topological polar surface area (TPSA) is 108 Å². The number of halogens is 1. The molecule has 2 aromatic rings. The molecule has 30 heavy (non-hydrogen) atoms. The molecular formula is C20H24BrN3O5S. The number of benzene rings is 2. The lowest BCUT2D eigenvalue weighted by Crippen LogP contribution is -2.26. The van der Waals surface area contributed by atoms with Crippen molar-refractivity contribution >= 4 is 37.4 Å². The summed E-state index contributed by atoms with van der Waals surface area (Å²) < 4.78 is 33.0. The van der Waals surface area contributed by atoms with Crippen LogP contribution in [0, 0.1) is 0 Å². The standard InChI is InChI=1S/C20H24BrN3O5S/c1-22-18-16(12-24-9-3-4-10-24)19(15(11-17(18)21)20(25)23-26)30(27,28)14-7-5-13(29-2)6-8-14/h5-8,11,22,26H,3-4,9-10,12H2,1-2H3,(H,23,25). The molecule has 162 valence electrons. The number of nitrogens with zero attached hydrogens (tertiary/aromatic N) is 1. The highest BCUT2D eigenvalue weighted by Crippen LogP contribution is 2.38. The number of carbonyl (C=O) groups excluding carboxylic acids is 1. The summed E-state index contributed by atoms with van der Waals surface area (Å²) in [6.45, 7) is 2.05. The predicted octanol–water partition coefficient (Wildman–Crippen LogP) is 3.05. The Kier molecular flexibility index (Phi) is 7.02. The number of likely N-dealkylation sites (tertiary alicyclic amines) is 1. The van der Waals surface area contributed by atoms with E-state index in [1.165, 1.54) is 25.3 Å². The summed E-state index contributed by atoms with van der Waals surface area (Å²) in [6.07, 6.45) is 2.07. The molecule has 8 nitrogen and oxygen atoms in total. The highest BCUT2D eigenvalue weighted by Gasteiger charge is 2.32. The van der Waals surface area contributed by atoms with E-state index in [1.807, 2.05) is 0 Å². The van der Waals surface area contributed by atoms with E-state index < -0.39 is 15.7 Å². The number of nitrogens with one attached hydrogen (secondary N) is 2. The van der Waals surface area contributed by atoms with Gasteiger partial charge >= 0.3 is 0 Å². The van der Waals surface area contributed by atoms with E-state index in [4.69, 9.17) is 4.74 Å². The molecule has 0 radical (unpaired) electrons. The van der Waals surface area contributed by atoms with Crippen molar-refractivity contribution in [2.75, 3.05) is 32.6 Å². The molecule has 1 aliphatic heterocycles. The second kappa shape index (κ2) is 9.34. The first kappa shape index (κ1) is 22.5. The smallest absolute Gasteiger partial charge is 0.276 e. The minimum Gasteiger partial charge on any atom is -0.497 e. The summed E-state index contributed by atoms with van der Waals surface area (Å²) in [5.41, 5.74) is 2.50. The van der Waals surface area contributed by atoms with E-state index in [-0.39, 0.29) is 15.4 Å². The van der Waals surface area contributed by atoms with Crippen LogP contribution < -0.4 is 15.5 Å². The van der Waals surface area contributed by atoms with Crippen molar-refractivity contribution in [3.63, 3.8) is 0 Å². The minimum absolute atomic E-state index is 0.0299. The van der Waals surface area contributed by atoms with Crippen molar-refractivity contribution < 1.29 is 23.2 Å². The number of sulfone groups is 1. The zero-order valence-corrected chi connectivity index (χ0v) is 19.1. The van der Waals surface area contributed by atoms with Crippen LogP contribution in [0.15, 0.2) is 44.6 Å². The van der Waals surface area contributed by atoms with Crippen LogP contribution in [0.5, 0.6) is 5.75 Å². The van der Waals surface area contributed by atoms with Gasteiger partial charge in [-0.1, -0.05) is 0 Å². The molecule has 0 aromatic heterocycles. The van der Waals surface area contributed by atoms with Gasteiger partial charge in [0.15, 0.2) is 0 Å². The molecule has 0 spiro atoms. The highest BCUT2D eigenvalue weighted by atomic mass is 79.9. The van der Waals surface area contributed by atoms with Gasteiger partial charge in [-0.25, -0.2) is 13.9 Å². The maximum absolute atomic E-state index is 13.7. The van der Waals surface area contributed by atoms with E-state index in [2.05, 4.69) is 26.1 Å². The number of carbonyl (C=O) groups is 1. The third kappa shape index (κ3) is 4.31. The summed E-state index contributed by atoms with van der Waals surface area (Å²) in [4.78, 5) is 14.5. The van der Waals surface area contributed by atoms with Crippen LogP contribution in [0.4, 0.5) is 5.69 Å². The van der Waals surface area contributed by atoms with Crippen LogP contribution in [0.1, 0.15) is 28.8 Å². The second-order valence-corrected chi connectivity index (χ2v) is 9.68. The highest BCUT2D eigenvalue weighted by molar-refractivity contribution is 9.10. The Morgan fingerprint density at radius 1 is 1.23 bits per heavy atom. The van der Waals surface area contributed by atoms with Gasteiger partial charge in [0.2, 0.25) is 9.84 Å². The van der Waals surface area contributed by atoms with Gasteiger partial charge in [-0.3, -0.25) is 14.9 Å². The van der Waals surface area contributed by atoms with Gasteiger partial charge in [0.25, 0.3) is 5.91 Å². The van der Waals surface area contributed by atoms with E-state index in [1.54, 1.807) is 24.7 Å². The third-order valence-electron chi connectivity index (χ3n) is 5.15. The monoisotopic (exact) mass is 497 g/mol. The van der Waals surface area contributed by atoms with Crippen LogP contribution in [0.25, 0.3) is 0 Å². The molecule has 0 atom stereocenters. The largest absolute Gasteiger partial charge is 0.497 e. The Labute approximate surface area is 184 Å². The van der Waals surface area contributed by atoms with Gasteiger partial charge in [-0.2, -0.15) is 0 Å². The quantitative estimate of drug-likeness (QED) is 0.398. The van der Waals surface area contributed by atoms with Gasteiger partial charge in [0.1, 0.15) is 5.75 Å². The maximum Gasteiger partial charge on any atom is 0.276 e. The summed E-state index contributed by atoms with van der Waals surface area (Å²) in [7, 11) is -0.894. The molecule has 1 saturated heterocycles. The molecule has 1 amide bonds. The lowest BCUT2D eigenvalue weighted by Gasteiger charge is -2.23. The average Bonchev–Trinajstić information content (AvgIpc) is 3.26. The number of ether oxygens (including phenoxy) is 1. The summed E-state index contributed by atoms with van der Waals surface area (Å²) in [6, 6.07) is 7.39. The number of amides is 1. The van der Waals surface area contributed by atoms with Crippen molar-refractivity contribution in [2.24, 2.45) is 0 Å². The molecular weight excluding hydrogens is 474 g/mol. The van der Waals surface area contributed by atoms with Crippen molar-refractivity contribution in [1.29, 1.82) is 0 Å². The maximum atomic E-state index is 13.7. The number of rotatable bonds is 7. The number of anilines is 1. The van der Waals surface area contributed by atoms with E-state index in [0.29, 0.717) is 28.0 Å². The molecule has 3 rings (SSSR count). The van der Waals surface area contributed by atoms with Gasteiger partial charge in [-0.05, 0) is 72.2 Å². The first-order chi connectivity index (χ1) is 14.3. The molecule has 3 N–H and O–H groups in total. The van der Waals surface area contributed by atoms with Gasteiger partial charge < -0.3 is 10.1 Å². The second-order valence-electron chi connectivity index (χ2n) is 6.94. The Balaban J connectivity index is 2.28. The molecule has 1 heterocycles. The molecule has 0 aliphatic carbocycles. The zero-order valence-electron chi connectivity index (χ0n) is 16.7. The van der Waals surface area contributed by atoms with Crippen molar-refractivity contribution in [1.82, 2.24) is 10.4 Å². The first-order valence-corrected chi connectivity index (χ1v) is 11.7. The molecule has 1 fully saturated rings.